The quantitative estimate of drug-likeness (QED) is 0.792. The van der Waals surface area contributed by atoms with E-state index in [4.69, 9.17) is 11.6 Å². The van der Waals surface area contributed by atoms with Crippen molar-refractivity contribution in [3.05, 3.63) is 35.0 Å². The van der Waals surface area contributed by atoms with E-state index in [1.165, 1.54) is 17.4 Å². The molecule has 0 amide bonds. The van der Waals surface area contributed by atoms with Crippen LogP contribution in [0, 0.1) is 0 Å². The molecule has 3 heteroatoms. The second-order valence-corrected chi connectivity index (χ2v) is 5.33. The number of H-pyrrole nitrogens is 1. The zero-order chi connectivity index (χ0) is 11.8. The maximum atomic E-state index is 10.2. The first-order valence-corrected chi connectivity index (χ1v) is 6.58. The molecule has 1 heterocycles. The van der Waals surface area contributed by atoms with Gasteiger partial charge in [0.2, 0.25) is 0 Å². The predicted molar refractivity (Wildman–Crippen MR) is 70.5 cm³/mol. The Morgan fingerprint density at radius 3 is 2.88 bits per heavy atom. The maximum Gasteiger partial charge on any atom is 0.0609 e. The Balaban J connectivity index is 2.11. The molecular formula is C14H16ClNO. The van der Waals surface area contributed by atoms with Crippen molar-refractivity contribution in [3.8, 4) is 0 Å². The summed E-state index contributed by atoms with van der Waals surface area (Å²) in [6.45, 7) is 0. The fourth-order valence-electron chi connectivity index (χ4n) is 2.94. The lowest BCUT2D eigenvalue weighted by molar-refractivity contribution is 0.107. The molecule has 0 aliphatic heterocycles. The molecule has 2 N–H and O–H groups in total. The lowest BCUT2D eigenvalue weighted by Gasteiger charge is -2.28. The molecule has 2 nitrogen and oxygen atoms in total. The molecule has 2 atom stereocenters. The standard InChI is InChI=1S/C14H16ClNO/c15-9-7-12(10-5-6-16-13(10)8-9)11-3-1-2-4-14(11)17/h5-8,11,14,16-17H,1-4H2/t11-,14+/m1/s1. The summed E-state index contributed by atoms with van der Waals surface area (Å²) in [6.07, 6.45) is 6.00. The van der Waals surface area contributed by atoms with Crippen molar-refractivity contribution in [1.82, 2.24) is 4.98 Å². The molecule has 0 unspecified atom stereocenters. The normalized spacial score (nSPS) is 25.3. The fraction of sp³-hybridized carbons (Fsp3) is 0.429. The first-order chi connectivity index (χ1) is 8.25. The maximum absolute atomic E-state index is 10.2. The minimum Gasteiger partial charge on any atom is -0.392 e. The summed E-state index contributed by atoms with van der Waals surface area (Å²) >= 11 is 6.15. The fourth-order valence-corrected chi connectivity index (χ4v) is 3.17. The van der Waals surface area contributed by atoms with Crippen molar-refractivity contribution in [1.29, 1.82) is 0 Å². The van der Waals surface area contributed by atoms with Crippen LogP contribution in [0.2, 0.25) is 5.02 Å². The van der Waals surface area contributed by atoms with Crippen LogP contribution in [-0.4, -0.2) is 16.2 Å². The SMILES string of the molecule is O[C@H]1CCCC[C@@H]1c1cc(Cl)cc2[nH]ccc12. The van der Waals surface area contributed by atoms with Crippen LogP contribution in [0.1, 0.15) is 37.2 Å². The summed E-state index contributed by atoms with van der Waals surface area (Å²) in [5.41, 5.74) is 2.26. The first kappa shape index (κ1) is 11.1. The molecule has 3 rings (SSSR count). The van der Waals surface area contributed by atoms with Crippen LogP contribution in [0.3, 0.4) is 0 Å². The molecule has 0 bridgehead atoms. The molecule has 1 saturated carbocycles. The Kier molecular flexibility index (Phi) is 2.85. The molecule has 2 aromatic rings. The number of benzene rings is 1. The van der Waals surface area contributed by atoms with Crippen LogP contribution < -0.4 is 0 Å². The molecule has 0 saturated heterocycles. The van der Waals surface area contributed by atoms with Gasteiger partial charge in [-0.25, -0.2) is 0 Å². The highest BCUT2D eigenvalue weighted by Gasteiger charge is 2.26. The van der Waals surface area contributed by atoms with E-state index in [1.54, 1.807) is 0 Å². The number of aromatic amines is 1. The minimum absolute atomic E-state index is 0.222. The number of aliphatic hydroxyl groups excluding tert-OH is 1. The summed E-state index contributed by atoms with van der Waals surface area (Å²) in [4.78, 5) is 3.19. The third-order valence-electron chi connectivity index (χ3n) is 3.79. The monoisotopic (exact) mass is 249 g/mol. The number of rotatable bonds is 1. The van der Waals surface area contributed by atoms with Crippen molar-refractivity contribution in [2.75, 3.05) is 0 Å². The number of hydrogen-bond acceptors (Lipinski definition) is 1. The van der Waals surface area contributed by atoms with Gasteiger partial charge in [0.1, 0.15) is 0 Å². The van der Waals surface area contributed by atoms with E-state index in [9.17, 15) is 5.11 Å². The Morgan fingerprint density at radius 1 is 1.24 bits per heavy atom. The first-order valence-electron chi connectivity index (χ1n) is 6.20. The third kappa shape index (κ3) is 1.96. The van der Waals surface area contributed by atoms with Crippen LogP contribution in [0.4, 0.5) is 0 Å². The second kappa shape index (κ2) is 4.35. The van der Waals surface area contributed by atoms with E-state index in [-0.39, 0.29) is 12.0 Å². The number of halogens is 1. The van der Waals surface area contributed by atoms with Gasteiger partial charge in [0.15, 0.2) is 0 Å². The number of fused-ring (bicyclic) bond motifs is 1. The van der Waals surface area contributed by atoms with E-state index in [0.29, 0.717) is 0 Å². The summed E-state index contributed by atoms with van der Waals surface area (Å²) in [6, 6.07) is 6.02. The zero-order valence-electron chi connectivity index (χ0n) is 9.62. The van der Waals surface area contributed by atoms with E-state index >= 15 is 0 Å². The number of nitrogens with one attached hydrogen (secondary N) is 1. The third-order valence-corrected chi connectivity index (χ3v) is 4.01. The largest absolute Gasteiger partial charge is 0.392 e. The number of aromatic nitrogens is 1. The molecule has 1 aliphatic rings. The molecule has 1 aromatic carbocycles. The second-order valence-electron chi connectivity index (χ2n) is 4.89. The molecular weight excluding hydrogens is 234 g/mol. The van der Waals surface area contributed by atoms with Gasteiger partial charge in [-0.05, 0) is 36.6 Å². The van der Waals surface area contributed by atoms with Crippen molar-refractivity contribution < 1.29 is 5.11 Å². The van der Waals surface area contributed by atoms with Crippen LogP contribution in [0.5, 0.6) is 0 Å². The Labute approximate surface area is 106 Å². The summed E-state index contributed by atoms with van der Waals surface area (Å²) in [5, 5.41) is 12.1. The molecule has 1 aliphatic carbocycles. The van der Waals surface area contributed by atoms with Gasteiger partial charge in [0.05, 0.1) is 6.10 Å². The van der Waals surface area contributed by atoms with Crippen LogP contribution in [0.25, 0.3) is 10.9 Å². The highest BCUT2D eigenvalue weighted by Crippen LogP contribution is 2.37. The summed E-state index contributed by atoms with van der Waals surface area (Å²) < 4.78 is 0. The van der Waals surface area contributed by atoms with Crippen LogP contribution >= 0.6 is 11.6 Å². The van der Waals surface area contributed by atoms with Gasteiger partial charge in [0, 0.05) is 28.0 Å². The van der Waals surface area contributed by atoms with E-state index in [2.05, 4.69) is 11.1 Å². The lowest BCUT2D eigenvalue weighted by atomic mass is 9.80. The van der Waals surface area contributed by atoms with Gasteiger partial charge in [-0.3, -0.25) is 0 Å². The minimum atomic E-state index is -0.222. The van der Waals surface area contributed by atoms with Crippen LogP contribution in [0.15, 0.2) is 24.4 Å². The molecule has 1 fully saturated rings. The van der Waals surface area contributed by atoms with Gasteiger partial charge in [-0.2, -0.15) is 0 Å². The average molecular weight is 250 g/mol. The molecule has 1 aromatic heterocycles. The topological polar surface area (TPSA) is 36.0 Å². The van der Waals surface area contributed by atoms with Gasteiger partial charge in [-0.15, -0.1) is 0 Å². The summed E-state index contributed by atoms with van der Waals surface area (Å²) in [7, 11) is 0. The Bertz CT molecular complexity index is 534. The van der Waals surface area contributed by atoms with E-state index in [0.717, 1.165) is 29.8 Å². The number of hydrogen-bond donors (Lipinski definition) is 2. The van der Waals surface area contributed by atoms with Crippen molar-refractivity contribution in [2.24, 2.45) is 0 Å². The van der Waals surface area contributed by atoms with E-state index < -0.39 is 0 Å². The van der Waals surface area contributed by atoms with Crippen molar-refractivity contribution in [3.63, 3.8) is 0 Å². The van der Waals surface area contributed by atoms with Gasteiger partial charge < -0.3 is 10.1 Å². The van der Waals surface area contributed by atoms with Gasteiger partial charge in [0.25, 0.3) is 0 Å². The van der Waals surface area contributed by atoms with E-state index in [1.807, 2.05) is 18.3 Å². The predicted octanol–water partition coefficient (Wildman–Crippen LogP) is 3.84. The molecule has 90 valence electrons. The van der Waals surface area contributed by atoms with Gasteiger partial charge in [-0.1, -0.05) is 24.4 Å². The highest BCUT2D eigenvalue weighted by atomic mass is 35.5. The zero-order valence-corrected chi connectivity index (χ0v) is 10.4. The summed E-state index contributed by atoms with van der Waals surface area (Å²) in [5.74, 6) is 0.237. The van der Waals surface area contributed by atoms with Gasteiger partial charge >= 0.3 is 0 Å². The molecule has 0 spiro atoms. The average Bonchev–Trinajstić information content (AvgIpc) is 2.76. The Morgan fingerprint density at radius 2 is 2.06 bits per heavy atom. The Hall–Kier alpha value is -0.990. The smallest absolute Gasteiger partial charge is 0.0609 e. The lowest BCUT2D eigenvalue weighted by Crippen LogP contribution is -2.22. The number of aliphatic hydroxyl groups is 1. The van der Waals surface area contributed by atoms with Crippen molar-refractivity contribution >= 4 is 22.5 Å². The van der Waals surface area contributed by atoms with Crippen molar-refractivity contribution in [2.45, 2.75) is 37.7 Å². The highest BCUT2D eigenvalue weighted by molar-refractivity contribution is 6.31. The van der Waals surface area contributed by atoms with Crippen LogP contribution in [-0.2, 0) is 0 Å². The molecule has 17 heavy (non-hydrogen) atoms. The molecule has 0 radical (unpaired) electrons.